The zero-order valence-corrected chi connectivity index (χ0v) is 24.1. The van der Waals surface area contributed by atoms with E-state index in [1.165, 1.54) is 66.5 Å². The van der Waals surface area contributed by atoms with Gasteiger partial charge < -0.3 is 15.5 Å². The average Bonchev–Trinajstić information content (AvgIpc) is 2.89. The van der Waals surface area contributed by atoms with Crippen LogP contribution in [0, 0.1) is 6.92 Å². The first-order chi connectivity index (χ1) is 17.8. The molecule has 0 bridgehead atoms. The Kier molecular flexibility index (Phi) is 11.9. The van der Waals surface area contributed by atoms with Crippen LogP contribution in [-0.2, 0) is 6.42 Å². The van der Waals surface area contributed by atoms with Crippen molar-refractivity contribution in [1.29, 1.82) is 0 Å². The minimum absolute atomic E-state index is 0.0253. The zero-order chi connectivity index (χ0) is 26.8. The molecule has 1 aromatic rings. The number of benzene rings is 1. The number of unbranched alkanes of at least 4 members (excludes halogenated alkanes) is 3. The molecule has 0 heterocycles. The van der Waals surface area contributed by atoms with Gasteiger partial charge in [-0.1, -0.05) is 58.6 Å². The van der Waals surface area contributed by atoms with Crippen LogP contribution in [0.5, 0.6) is 0 Å². The molecule has 0 spiro atoms. The maximum Gasteiger partial charge on any atom is 0.248 e. The molecule has 5 heteroatoms. The number of hydrogen-bond acceptors (Lipinski definition) is 3. The first kappa shape index (κ1) is 30.1. The lowest BCUT2D eigenvalue weighted by Gasteiger charge is -2.44. The van der Waals surface area contributed by atoms with Crippen molar-refractivity contribution >= 4 is 11.3 Å². The molecule has 0 amide bonds. The SMILES string of the molecule is C=C(CNCCCCCC)c1ccc(N(CC)C2CCCCC2NC2CCC(F)(F)CC2)c(C)c1CC. The Morgan fingerprint density at radius 2 is 1.76 bits per heavy atom. The summed E-state index contributed by atoms with van der Waals surface area (Å²) in [5.74, 6) is -2.47. The Hall–Kier alpha value is -1.46. The first-order valence-corrected chi connectivity index (χ1v) is 15.2. The van der Waals surface area contributed by atoms with Crippen molar-refractivity contribution in [1.82, 2.24) is 10.6 Å². The van der Waals surface area contributed by atoms with Gasteiger partial charge in [-0.05, 0) is 87.2 Å². The highest BCUT2D eigenvalue weighted by atomic mass is 19.3. The smallest absolute Gasteiger partial charge is 0.248 e. The highest BCUT2D eigenvalue weighted by molar-refractivity contribution is 5.73. The third kappa shape index (κ3) is 8.26. The molecule has 0 aromatic heterocycles. The Morgan fingerprint density at radius 1 is 1.03 bits per heavy atom. The van der Waals surface area contributed by atoms with Gasteiger partial charge in [0.25, 0.3) is 0 Å². The maximum atomic E-state index is 13.7. The van der Waals surface area contributed by atoms with Crippen LogP contribution in [0.1, 0.15) is 115 Å². The van der Waals surface area contributed by atoms with Crippen molar-refractivity contribution in [2.24, 2.45) is 0 Å². The van der Waals surface area contributed by atoms with Crippen LogP contribution in [0.15, 0.2) is 18.7 Å². The molecule has 2 unspecified atom stereocenters. The second-order valence-electron chi connectivity index (χ2n) is 11.5. The Bertz CT molecular complexity index is 843. The molecule has 3 rings (SSSR count). The predicted molar refractivity (Wildman–Crippen MR) is 156 cm³/mol. The van der Waals surface area contributed by atoms with E-state index in [1.807, 2.05) is 0 Å². The molecule has 37 heavy (non-hydrogen) atoms. The molecule has 2 aliphatic carbocycles. The van der Waals surface area contributed by atoms with E-state index in [1.54, 1.807) is 0 Å². The monoisotopic (exact) mass is 517 g/mol. The molecule has 2 N–H and O–H groups in total. The number of halogens is 2. The molecule has 3 nitrogen and oxygen atoms in total. The molecule has 0 aliphatic heterocycles. The van der Waals surface area contributed by atoms with Crippen molar-refractivity contribution in [3.05, 3.63) is 35.4 Å². The quantitative estimate of drug-likeness (QED) is 0.245. The number of likely N-dealkylation sites (N-methyl/N-ethyl adjacent to an activating group) is 1. The fourth-order valence-corrected chi connectivity index (χ4v) is 6.63. The third-order valence-electron chi connectivity index (χ3n) is 8.80. The van der Waals surface area contributed by atoms with Gasteiger partial charge in [-0.15, -0.1) is 0 Å². The van der Waals surface area contributed by atoms with Gasteiger partial charge in [0.2, 0.25) is 5.92 Å². The summed E-state index contributed by atoms with van der Waals surface area (Å²) in [5, 5.41) is 7.45. The van der Waals surface area contributed by atoms with E-state index in [4.69, 9.17) is 0 Å². The second-order valence-corrected chi connectivity index (χ2v) is 11.5. The summed E-state index contributed by atoms with van der Waals surface area (Å²) in [6, 6.07) is 5.59. The highest BCUT2D eigenvalue weighted by Crippen LogP contribution is 2.36. The largest absolute Gasteiger partial charge is 0.367 e. The second kappa shape index (κ2) is 14.6. The van der Waals surface area contributed by atoms with Crippen molar-refractivity contribution in [2.75, 3.05) is 24.5 Å². The van der Waals surface area contributed by atoms with Crippen molar-refractivity contribution < 1.29 is 8.78 Å². The molecule has 210 valence electrons. The number of alkyl halides is 2. The van der Waals surface area contributed by atoms with Gasteiger partial charge >= 0.3 is 0 Å². The predicted octanol–water partition coefficient (Wildman–Crippen LogP) is 8.05. The molecule has 0 saturated heterocycles. The normalized spacial score (nSPS) is 22.2. The molecule has 2 atom stereocenters. The number of nitrogens with zero attached hydrogens (tertiary/aromatic N) is 1. The molecule has 2 aliphatic rings. The van der Waals surface area contributed by atoms with Gasteiger partial charge in [0.05, 0.1) is 0 Å². The van der Waals surface area contributed by atoms with Crippen LogP contribution in [0.4, 0.5) is 14.5 Å². The number of hydrogen-bond donors (Lipinski definition) is 2. The summed E-state index contributed by atoms with van der Waals surface area (Å²) >= 11 is 0. The van der Waals surface area contributed by atoms with Crippen LogP contribution in [0.3, 0.4) is 0 Å². The molecule has 0 radical (unpaired) electrons. The molecule has 2 fully saturated rings. The number of nitrogens with one attached hydrogen (secondary N) is 2. The van der Waals surface area contributed by atoms with Crippen molar-refractivity contribution in [3.63, 3.8) is 0 Å². The lowest BCUT2D eigenvalue weighted by atomic mass is 9.85. The summed E-state index contributed by atoms with van der Waals surface area (Å²) in [6.07, 6.45) is 12.1. The zero-order valence-electron chi connectivity index (χ0n) is 24.1. The lowest BCUT2D eigenvalue weighted by molar-refractivity contribution is -0.0417. The lowest BCUT2D eigenvalue weighted by Crippen LogP contribution is -2.55. The van der Waals surface area contributed by atoms with E-state index in [9.17, 15) is 8.78 Å². The average molecular weight is 518 g/mol. The minimum Gasteiger partial charge on any atom is -0.367 e. The molecular formula is C32H53F2N3. The highest BCUT2D eigenvalue weighted by Gasteiger charge is 2.37. The maximum absolute atomic E-state index is 13.7. The van der Waals surface area contributed by atoms with E-state index in [0.717, 1.165) is 38.9 Å². The summed E-state index contributed by atoms with van der Waals surface area (Å²) in [7, 11) is 0. The van der Waals surface area contributed by atoms with Crippen LogP contribution in [0.25, 0.3) is 5.57 Å². The van der Waals surface area contributed by atoms with Gasteiger partial charge in [-0.3, -0.25) is 0 Å². The van der Waals surface area contributed by atoms with Gasteiger partial charge in [-0.2, -0.15) is 0 Å². The van der Waals surface area contributed by atoms with Crippen LogP contribution < -0.4 is 15.5 Å². The van der Waals surface area contributed by atoms with Gasteiger partial charge in [0.1, 0.15) is 0 Å². The number of anilines is 1. The fourth-order valence-electron chi connectivity index (χ4n) is 6.63. The molecule has 2 saturated carbocycles. The Labute approximate surface area is 225 Å². The van der Waals surface area contributed by atoms with Gasteiger partial charge in [-0.25, -0.2) is 8.78 Å². The third-order valence-corrected chi connectivity index (χ3v) is 8.80. The van der Waals surface area contributed by atoms with Crippen molar-refractivity contribution in [3.8, 4) is 0 Å². The van der Waals surface area contributed by atoms with E-state index >= 15 is 0 Å². The summed E-state index contributed by atoms with van der Waals surface area (Å²) < 4.78 is 27.5. The Balaban J connectivity index is 1.71. The van der Waals surface area contributed by atoms with E-state index in [-0.39, 0.29) is 18.9 Å². The van der Waals surface area contributed by atoms with E-state index < -0.39 is 5.92 Å². The van der Waals surface area contributed by atoms with Crippen LogP contribution in [-0.4, -0.2) is 43.7 Å². The summed E-state index contributed by atoms with van der Waals surface area (Å²) in [5.41, 5.74) is 6.58. The summed E-state index contributed by atoms with van der Waals surface area (Å²) in [6.45, 7) is 16.3. The van der Waals surface area contributed by atoms with Gasteiger partial charge in [0.15, 0.2) is 0 Å². The molecular weight excluding hydrogens is 464 g/mol. The Morgan fingerprint density at radius 3 is 2.43 bits per heavy atom. The first-order valence-electron chi connectivity index (χ1n) is 15.2. The summed E-state index contributed by atoms with van der Waals surface area (Å²) in [4.78, 5) is 2.60. The molecule has 1 aromatic carbocycles. The van der Waals surface area contributed by atoms with Crippen LogP contribution >= 0.6 is 0 Å². The number of rotatable bonds is 14. The minimum atomic E-state index is -2.47. The van der Waals surface area contributed by atoms with E-state index in [0.29, 0.717) is 24.9 Å². The fraction of sp³-hybridized carbons (Fsp3) is 0.750. The van der Waals surface area contributed by atoms with E-state index in [2.05, 4.69) is 61.9 Å². The standard InChI is InChI=1S/C32H53F2N3/c1-6-9-10-13-22-35-23-24(4)28-16-17-30(25(5)27(28)7-2)37(8-3)31-15-12-11-14-29(31)36-26-18-20-32(33,34)21-19-26/h16-17,26,29,31,35-36H,4,6-15,18-23H2,1-3,5H3. The van der Waals surface area contributed by atoms with Gasteiger partial charge in [0, 0.05) is 49.7 Å². The van der Waals surface area contributed by atoms with Crippen LogP contribution in [0.2, 0.25) is 0 Å². The van der Waals surface area contributed by atoms with Crippen molar-refractivity contribution in [2.45, 2.75) is 135 Å². The topological polar surface area (TPSA) is 27.3 Å².